The normalized spacial score (nSPS) is 10.6. The number of aromatic amines is 1. The van der Waals surface area contributed by atoms with Gasteiger partial charge in [0.15, 0.2) is 10.9 Å². The molecular formula is C16H20N4O4S. The summed E-state index contributed by atoms with van der Waals surface area (Å²) in [7, 11) is 1.60. The molecule has 1 aromatic heterocycles. The Morgan fingerprint density at radius 2 is 2.04 bits per heavy atom. The number of amides is 1. The fourth-order valence-electron chi connectivity index (χ4n) is 2.13. The second kappa shape index (κ2) is 9.19. The van der Waals surface area contributed by atoms with Gasteiger partial charge in [-0.2, -0.15) is 0 Å². The van der Waals surface area contributed by atoms with Gasteiger partial charge in [0, 0.05) is 38.4 Å². The number of benzene rings is 1. The first-order valence-corrected chi connectivity index (χ1v) is 8.67. The molecule has 9 heteroatoms. The van der Waals surface area contributed by atoms with Crippen molar-refractivity contribution in [3.05, 3.63) is 40.3 Å². The van der Waals surface area contributed by atoms with Gasteiger partial charge in [-0.25, -0.2) is 9.89 Å². The maximum Gasteiger partial charge on any atom is 0.343 e. The Morgan fingerprint density at radius 1 is 1.32 bits per heavy atom. The van der Waals surface area contributed by atoms with E-state index in [1.54, 1.807) is 31.4 Å². The van der Waals surface area contributed by atoms with E-state index in [1.807, 2.05) is 0 Å². The van der Waals surface area contributed by atoms with Gasteiger partial charge >= 0.3 is 5.69 Å². The maximum absolute atomic E-state index is 12.3. The van der Waals surface area contributed by atoms with Gasteiger partial charge in [0.2, 0.25) is 5.91 Å². The Kier molecular flexibility index (Phi) is 6.96. The van der Waals surface area contributed by atoms with E-state index < -0.39 is 0 Å². The van der Waals surface area contributed by atoms with Gasteiger partial charge in [-0.05, 0) is 30.7 Å². The molecule has 0 fully saturated rings. The highest BCUT2D eigenvalue weighted by atomic mass is 32.2. The molecule has 134 valence electrons. The fraction of sp³-hybridized carbons (Fsp3) is 0.375. The molecule has 1 heterocycles. The Hall–Kier alpha value is -2.39. The van der Waals surface area contributed by atoms with E-state index in [9.17, 15) is 14.4 Å². The van der Waals surface area contributed by atoms with Crippen molar-refractivity contribution < 1.29 is 14.3 Å². The Labute approximate surface area is 149 Å². The highest BCUT2D eigenvalue weighted by molar-refractivity contribution is 7.99. The molecule has 0 saturated heterocycles. The number of ether oxygens (including phenoxy) is 1. The number of H-pyrrole nitrogens is 1. The van der Waals surface area contributed by atoms with Gasteiger partial charge < -0.3 is 10.1 Å². The van der Waals surface area contributed by atoms with Crippen molar-refractivity contribution in [1.29, 1.82) is 0 Å². The zero-order valence-corrected chi connectivity index (χ0v) is 14.9. The minimum Gasteiger partial charge on any atom is -0.385 e. The molecule has 0 spiro atoms. The number of rotatable bonds is 9. The molecule has 0 radical (unpaired) electrons. The third-order valence-electron chi connectivity index (χ3n) is 3.31. The Morgan fingerprint density at radius 3 is 2.68 bits per heavy atom. The summed E-state index contributed by atoms with van der Waals surface area (Å²) < 4.78 is 6.47. The number of hydrogen-bond acceptors (Lipinski definition) is 6. The second-order valence-electron chi connectivity index (χ2n) is 5.28. The molecule has 1 aromatic carbocycles. The summed E-state index contributed by atoms with van der Waals surface area (Å²) in [6, 6.07) is 6.66. The van der Waals surface area contributed by atoms with E-state index in [-0.39, 0.29) is 23.1 Å². The molecule has 8 nitrogen and oxygen atoms in total. The van der Waals surface area contributed by atoms with E-state index in [2.05, 4.69) is 15.5 Å². The third kappa shape index (κ3) is 5.57. The van der Waals surface area contributed by atoms with Crippen LogP contribution in [-0.4, -0.2) is 45.9 Å². The molecule has 25 heavy (non-hydrogen) atoms. The first-order chi connectivity index (χ1) is 12.0. The molecule has 0 saturated carbocycles. The van der Waals surface area contributed by atoms with Crippen molar-refractivity contribution in [3.63, 3.8) is 0 Å². The molecule has 0 atom stereocenters. The molecule has 1 amide bonds. The summed E-state index contributed by atoms with van der Waals surface area (Å²) in [5.41, 5.74) is 0.868. The zero-order valence-electron chi connectivity index (χ0n) is 14.1. The van der Waals surface area contributed by atoms with E-state index >= 15 is 0 Å². The van der Waals surface area contributed by atoms with Crippen molar-refractivity contribution in [2.24, 2.45) is 0 Å². The molecule has 0 aliphatic rings. The predicted octanol–water partition coefficient (Wildman–Crippen LogP) is 1.54. The van der Waals surface area contributed by atoms with Crippen molar-refractivity contribution in [1.82, 2.24) is 14.8 Å². The number of carbonyl (C=O) groups is 2. The summed E-state index contributed by atoms with van der Waals surface area (Å²) in [6.45, 7) is 2.44. The van der Waals surface area contributed by atoms with Crippen LogP contribution in [0, 0.1) is 0 Å². The van der Waals surface area contributed by atoms with Crippen molar-refractivity contribution in [2.75, 3.05) is 24.8 Å². The van der Waals surface area contributed by atoms with Gasteiger partial charge in [-0.3, -0.25) is 14.2 Å². The monoisotopic (exact) mass is 364 g/mol. The number of hydrogen-bond donors (Lipinski definition) is 2. The minimum absolute atomic E-state index is 0.0849. The second-order valence-corrected chi connectivity index (χ2v) is 6.22. The summed E-state index contributed by atoms with van der Waals surface area (Å²) in [5.74, 6) is -0.0912. The van der Waals surface area contributed by atoms with Crippen molar-refractivity contribution in [3.8, 4) is 0 Å². The molecule has 0 unspecified atom stereocenters. The molecule has 0 aliphatic carbocycles. The van der Waals surface area contributed by atoms with Crippen LogP contribution in [-0.2, 0) is 16.1 Å². The molecule has 0 bridgehead atoms. The maximum atomic E-state index is 12.3. The lowest BCUT2D eigenvalue weighted by Gasteiger charge is -2.06. The highest BCUT2D eigenvalue weighted by Crippen LogP contribution is 2.17. The quantitative estimate of drug-likeness (QED) is 0.397. The van der Waals surface area contributed by atoms with Crippen LogP contribution in [0.15, 0.2) is 34.2 Å². The smallest absolute Gasteiger partial charge is 0.343 e. The van der Waals surface area contributed by atoms with E-state index in [4.69, 9.17) is 4.74 Å². The zero-order chi connectivity index (χ0) is 18.2. The van der Waals surface area contributed by atoms with Crippen molar-refractivity contribution >= 4 is 29.1 Å². The molecule has 2 aromatic rings. The molecule has 2 N–H and O–H groups in total. The Balaban J connectivity index is 1.95. The van der Waals surface area contributed by atoms with E-state index in [1.165, 1.54) is 23.3 Å². The highest BCUT2D eigenvalue weighted by Gasteiger charge is 2.12. The van der Waals surface area contributed by atoms with Crippen LogP contribution in [0.5, 0.6) is 0 Å². The van der Waals surface area contributed by atoms with Crippen LogP contribution in [0.25, 0.3) is 0 Å². The van der Waals surface area contributed by atoms with Crippen LogP contribution >= 0.6 is 11.8 Å². The van der Waals surface area contributed by atoms with Gasteiger partial charge in [0.05, 0.1) is 5.75 Å². The third-order valence-corrected chi connectivity index (χ3v) is 4.29. The Bertz CT molecular complexity index is 782. The number of ketones is 1. The number of anilines is 1. The summed E-state index contributed by atoms with van der Waals surface area (Å²) in [5, 5.41) is 9.47. The molecule has 2 rings (SSSR count). The minimum atomic E-state index is -0.300. The first-order valence-electron chi connectivity index (χ1n) is 7.69. The summed E-state index contributed by atoms with van der Waals surface area (Å²) in [6.07, 6.45) is 0.683. The van der Waals surface area contributed by atoms with E-state index in [0.29, 0.717) is 36.0 Å². The average molecular weight is 364 g/mol. The van der Waals surface area contributed by atoms with Crippen LogP contribution in [0.4, 0.5) is 5.69 Å². The lowest BCUT2D eigenvalue weighted by atomic mass is 10.1. The number of methoxy groups -OCH3 is 1. The van der Waals surface area contributed by atoms with Gasteiger partial charge in [-0.15, -0.1) is 5.10 Å². The number of nitrogens with one attached hydrogen (secondary N) is 2. The SMILES string of the molecule is COCCCn1c(SCC(=O)c2ccc(NC(C)=O)cc2)n[nH]c1=O. The summed E-state index contributed by atoms with van der Waals surface area (Å²) >= 11 is 1.20. The predicted molar refractivity (Wildman–Crippen MR) is 95.1 cm³/mol. The number of carbonyl (C=O) groups excluding carboxylic acids is 2. The van der Waals surface area contributed by atoms with Crippen LogP contribution in [0.1, 0.15) is 23.7 Å². The first kappa shape index (κ1) is 18.9. The number of nitrogens with zero attached hydrogens (tertiary/aromatic N) is 2. The summed E-state index contributed by atoms with van der Waals surface area (Å²) in [4.78, 5) is 35.0. The largest absolute Gasteiger partial charge is 0.385 e. The van der Waals surface area contributed by atoms with Crippen LogP contribution in [0.3, 0.4) is 0 Å². The van der Waals surface area contributed by atoms with Gasteiger partial charge in [-0.1, -0.05) is 11.8 Å². The van der Waals surface area contributed by atoms with Crippen LogP contribution in [0.2, 0.25) is 0 Å². The van der Waals surface area contributed by atoms with E-state index in [0.717, 1.165) is 0 Å². The molecule has 0 aliphatic heterocycles. The lowest BCUT2D eigenvalue weighted by molar-refractivity contribution is -0.114. The number of thioether (sulfide) groups is 1. The lowest BCUT2D eigenvalue weighted by Crippen LogP contribution is -2.18. The number of Topliss-reactive ketones (excluding diaryl/α,β-unsaturated/α-hetero) is 1. The van der Waals surface area contributed by atoms with Crippen LogP contribution < -0.4 is 11.0 Å². The van der Waals surface area contributed by atoms with Gasteiger partial charge in [0.1, 0.15) is 0 Å². The number of aromatic nitrogens is 3. The van der Waals surface area contributed by atoms with Gasteiger partial charge in [0.25, 0.3) is 0 Å². The van der Waals surface area contributed by atoms with Crippen molar-refractivity contribution in [2.45, 2.75) is 25.0 Å². The fourth-order valence-corrected chi connectivity index (χ4v) is 3.00. The average Bonchev–Trinajstić information content (AvgIpc) is 2.93. The molecular weight excluding hydrogens is 344 g/mol. The topological polar surface area (TPSA) is 106 Å². The standard InChI is InChI=1S/C16H20N4O4S/c1-11(21)17-13-6-4-12(5-7-13)14(22)10-25-16-19-18-15(23)20(16)8-3-9-24-2/h4-7H,3,8-10H2,1-2H3,(H,17,21)(H,18,23).